The maximum atomic E-state index is 12.5. The van der Waals surface area contributed by atoms with Crippen molar-refractivity contribution in [1.82, 2.24) is 15.3 Å². The zero-order valence-corrected chi connectivity index (χ0v) is 14.5. The van der Waals surface area contributed by atoms with Crippen LogP contribution in [0.1, 0.15) is 39.0 Å². The first-order valence-electron chi connectivity index (χ1n) is 7.72. The maximum absolute atomic E-state index is 12.5. The molecule has 2 heterocycles. The molecule has 1 aliphatic carbocycles. The Bertz CT molecular complexity index is 746. The second kappa shape index (κ2) is 6.85. The first-order valence-corrected chi connectivity index (χ1v) is 9.48. The molecule has 1 atom stereocenters. The second-order valence-electron chi connectivity index (χ2n) is 5.82. The largest absolute Gasteiger partial charge is 0.337 e. The monoisotopic (exact) mass is 346 g/mol. The number of carbonyl (C=O) groups is 1. The summed E-state index contributed by atoms with van der Waals surface area (Å²) in [5.74, 6) is -0.0968. The summed E-state index contributed by atoms with van der Waals surface area (Å²) >= 11 is 2.98. The molecular weight excluding hydrogens is 328 g/mol. The lowest BCUT2D eigenvalue weighted by Crippen LogP contribution is -2.50. The third-order valence-electron chi connectivity index (χ3n) is 4.17. The molecule has 1 saturated carbocycles. The summed E-state index contributed by atoms with van der Waals surface area (Å²) < 4.78 is 0. The zero-order chi connectivity index (χ0) is 16.3. The minimum atomic E-state index is -0.687. The van der Waals surface area contributed by atoms with Crippen molar-refractivity contribution in [3.63, 3.8) is 0 Å². The molecule has 7 heteroatoms. The van der Waals surface area contributed by atoms with Gasteiger partial charge in [-0.25, -0.2) is 9.97 Å². The van der Waals surface area contributed by atoms with Crippen molar-refractivity contribution in [1.29, 1.82) is 5.26 Å². The number of rotatable bonds is 4. The number of hydrogen-bond donors (Lipinski definition) is 1. The summed E-state index contributed by atoms with van der Waals surface area (Å²) in [5.41, 5.74) is -0.687. The van der Waals surface area contributed by atoms with E-state index in [0.29, 0.717) is 0 Å². The van der Waals surface area contributed by atoms with E-state index in [2.05, 4.69) is 21.4 Å². The minimum absolute atomic E-state index is 0.0968. The van der Waals surface area contributed by atoms with Crippen molar-refractivity contribution in [2.75, 3.05) is 0 Å². The zero-order valence-electron chi connectivity index (χ0n) is 12.9. The van der Waals surface area contributed by atoms with E-state index in [0.717, 1.165) is 47.3 Å². The molecule has 0 bridgehead atoms. The summed E-state index contributed by atoms with van der Waals surface area (Å²) in [5, 5.41) is 15.9. The Balaban J connectivity index is 1.70. The van der Waals surface area contributed by atoms with Gasteiger partial charge in [0.05, 0.1) is 11.3 Å². The third kappa shape index (κ3) is 3.48. The molecule has 23 heavy (non-hydrogen) atoms. The Kier molecular flexibility index (Phi) is 4.83. The highest BCUT2D eigenvalue weighted by Crippen LogP contribution is 2.32. The van der Waals surface area contributed by atoms with Crippen molar-refractivity contribution < 1.29 is 4.79 Å². The minimum Gasteiger partial charge on any atom is -0.337 e. The van der Waals surface area contributed by atoms with Gasteiger partial charge in [0, 0.05) is 5.39 Å². The van der Waals surface area contributed by atoms with Gasteiger partial charge < -0.3 is 5.32 Å². The maximum Gasteiger partial charge on any atom is 0.234 e. The molecule has 0 aliphatic heterocycles. The molecule has 1 fully saturated rings. The van der Waals surface area contributed by atoms with Gasteiger partial charge in [-0.2, -0.15) is 5.26 Å². The molecule has 2 aromatic heterocycles. The Morgan fingerprint density at radius 3 is 2.96 bits per heavy atom. The molecule has 1 N–H and O–H groups in total. The highest BCUT2D eigenvalue weighted by molar-refractivity contribution is 8.00. The fraction of sp³-hybridized carbons (Fsp3) is 0.500. The van der Waals surface area contributed by atoms with Crippen LogP contribution in [0.2, 0.25) is 0 Å². The highest BCUT2D eigenvalue weighted by Gasteiger charge is 2.35. The van der Waals surface area contributed by atoms with Gasteiger partial charge in [0.2, 0.25) is 5.91 Å². The van der Waals surface area contributed by atoms with Crippen LogP contribution in [0.25, 0.3) is 10.2 Å². The first kappa shape index (κ1) is 16.2. The van der Waals surface area contributed by atoms with Gasteiger partial charge in [0.25, 0.3) is 0 Å². The second-order valence-corrected chi connectivity index (χ2v) is 8.05. The lowest BCUT2D eigenvalue weighted by molar-refractivity contribution is -0.121. The Labute approximate surface area is 143 Å². The van der Waals surface area contributed by atoms with E-state index in [1.54, 1.807) is 11.3 Å². The third-order valence-corrected chi connectivity index (χ3v) is 6.10. The van der Waals surface area contributed by atoms with E-state index in [9.17, 15) is 10.1 Å². The number of amides is 1. The average Bonchev–Trinajstić information content (AvgIpc) is 3.05. The number of fused-ring (bicyclic) bond motifs is 1. The molecule has 0 spiro atoms. The Morgan fingerprint density at radius 2 is 2.22 bits per heavy atom. The van der Waals surface area contributed by atoms with E-state index in [1.165, 1.54) is 18.1 Å². The van der Waals surface area contributed by atoms with Crippen LogP contribution >= 0.6 is 23.1 Å². The Morgan fingerprint density at radius 1 is 1.43 bits per heavy atom. The molecule has 0 aromatic carbocycles. The quantitative estimate of drug-likeness (QED) is 0.677. The van der Waals surface area contributed by atoms with Gasteiger partial charge in [-0.05, 0) is 31.2 Å². The Hall–Kier alpha value is -1.65. The van der Waals surface area contributed by atoms with Crippen molar-refractivity contribution in [2.45, 2.75) is 54.8 Å². The van der Waals surface area contributed by atoms with Gasteiger partial charge in [-0.1, -0.05) is 31.0 Å². The molecular formula is C16H18N4OS2. The predicted octanol–water partition coefficient (Wildman–Crippen LogP) is 3.51. The van der Waals surface area contributed by atoms with Gasteiger partial charge in [-0.15, -0.1) is 11.3 Å². The van der Waals surface area contributed by atoms with Gasteiger partial charge >= 0.3 is 0 Å². The summed E-state index contributed by atoms with van der Waals surface area (Å²) in [6.07, 6.45) is 6.15. The number of thiophene rings is 1. The lowest BCUT2D eigenvalue weighted by Gasteiger charge is -2.32. The van der Waals surface area contributed by atoms with E-state index in [1.807, 2.05) is 18.4 Å². The SMILES string of the molecule is CC(Sc1ncnc2sccc12)C(=O)NC1(C#N)CCCCC1. The van der Waals surface area contributed by atoms with Gasteiger partial charge in [-0.3, -0.25) is 4.79 Å². The molecule has 1 aliphatic rings. The number of carbonyl (C=O) groups excluding carboxylic acids is 1. The van der Waals surface area contributed by atoms with Crippen molar-refractivity contribution in [3.8, 4) is 6.07 Å². The standard InChI is InChI=1S/C16H18N4OS2/c1-11(13(21)20-16(9-17)6-3-2-4-7-16)23-15-12-5-8-22-14(12)18-10-19-15/h5,8,10-11H,2-4,6-7H2,1H3,(H,20,21). The van der Waals surface area contributed by atoms with Crippen molar-refractivity contribution in [2.24, 2.45) is 0 Å². The topological polar surface area (TPSA) is 78.7 Å². The van der Waals surface area contributed by atoms with Gasteiger partial charge in [0.15, 0.2) is 0 Å². The van der Waals surface area contributed by atoms with E-state index in [4.69, 9.17) is 0 Å². The van der Waals surface area contributed by atoms with Crippen LogP contribution in [0, 0.1) is 11.3 Å². The summed E-state index contributed by atoms with van der Waals surface area (Å²) in [4.78, 5) is 22.0. The average molecular weight is 346 g/mol. The molecule has 1 amide bonds. The van der Waals surface area contributed by atoms with E-state index in [-0.39, 0.29) is 11.2 Å². The smallest absolute Gasteiger partial charge is 0.234 e. The predicted molar refractivity (Wildman–Crippen MR) is 92.3 cm³/mol. The molecule has 0 radical (unpaired) electrons. The van der Waals surface area contributed by atoms with Crippen LogP contribution in [-0.2, 0) is 4.79 Å². The van der Waals surface area contributed by atoms with Crippen molar-refractivity contribution >= 4 is 39.2 Å². The highest BCUT2D eigenvalue weighted by atomic mass is 32.2. The summed E-state index contributed by atoms with van der Waals surface area (Å²) in [7, 11) is 0. The summed E-state index contributed by atoms with van der Waals surface area (Å²) in [6.45, 7) is 1.86. The number of nitrogens with zero attached hydrogens (tertiary/aromatic N) is 3. The van der Waals surface area contributed by atoms with Crippen LogP contribution in [-0.4, -0.2) is 26.7 Å². The number of aromatic nitrogens is 2. The molecule has 5 nitrogen and oxygen atoms in total. The van der Waals surface area contributed by atoms with Crippen LogP contribution in [0.15, 0.2) is 22.8 Å². The van der Waals surface area contributed by atoms with E-state index >= 15 is 0 Å². The normalized spacial score (nSPS) is 18.3. The fourth-order valence-electron chi connectivity index (χ4n) is 2.84. The van der Waals surface area contributed by atoms with Crippen LogP contribution in [0.4, 0.5) is 0 Å². The molecule has 120 valence electrons. The molecule has 1 unspecified atom stereocenters. The molecule has 0 saturated heterocycles. The number of nitrogens with one attached hydrogen (secondary N) is 1. The fourth-order valence-corrected chi connectivity index (χ4v) is 4.54. The van der Waals surface area contributed by atoms with Crippen LogP contribution in [0.5, 0.6) is 0 Å². The summed E-state index contributed by atoms with van der Waals surface area (Å²) in [6, 6.07) is 4.30. The first-order chi connectivity index (χ1) is 11.1. The molecule has 3 rings (SSSR count). The van der Waals surface area contributed by atoms with E-state index < -0.39 is 5.54 Å². The van der Waals surface area contributed by atoms with Gasteiger partial charge in [0.1, 0.15) is 21.7 Å². The van der Waals surface area contributed by atoms with Crippen molar-refractivity contribution in [3.05, 3.63) is 17.8 Å². The van der Waals surface area contributed by atoms with Crippen LogP contribution < -0.4 is 5.32 Å². The molecule has 2 aromatic rings. The van der Waals surface area contributed by atoms with Crippen LogP contribution in [0.3, 0.4) is 0 Å². The lowest BCUT2D eigenvalue weighted by atomic mass is 9.83. The number of nitriles is 1. The number of thioether (sulfide) groups is 1. The number of hydrogen-bond acceptors (Lipinski definition) is 6.